The molecule has 0 aliphatic heterocycles. The highest BCUT2D eigenvalue weighted by molar-refractivity contribution is 6.31. The van der Waals surface area contributed by atoms with E-state index in [4.69, 9.17) is 23.2 Å². The Kier molecular flexibility index (Phi) is 3.61. The molecule has 0 spiro atoms. The lowest BCUT2D eigenvalue weighted by Gasteiger charge is -2.07. The number of hydrogen-bond donors (Lipinski definition) is 0. The molecule has 102 valence electrons. The van der Waals surface area contributed by atoms with Gasteiger partial charge in [-0.3, -0.25) is 0 Å². The predicted molar refractivity (Wildman–Crippen MR) is 81.5 cm³/mol. The average molecular weight is 315 g/mol. The summed E-state index contributed by atoms with van der Waals surface area (Å²) in [7, 11) is 0. The van der Waals surface area contributed by atoms with E-state index in [9.17, 15) is 5.26 Å². The molecule has 4 nitrogen and oxygen atoms in total. The molecule has 0 N–H and O–H groups in total. The Morgan fingerprint density at radius 1 is 1.00 bits per heavy atom. The van der Waals surface area contributed by atoms with Crippen molar-refractivity contribution in [3.63, 3.8) is 0 Å². The van der Waals surface area contributed by atoms with Gasteiger partial charge in [0.15, 0.2) is 5.69 Å². The zero-order chi connectivity index (χ0) is 14.8. The molecule has 1 aromatic heterocycles. The first-order valence-electron chi connectivity index (χ1n) is 6.07. The summed E-state index contributed by atoms with van der Waals surface area (Å²) in [6.45, 7) is 0. The molecular formula is C15H8Cl2N4. The van der Waals surface area contributed by atoms with Crippen LogP contribution in [0.15, 0.2) is 48.5 Å². The van der Waals surface area contributed by atoms with Crippen molar-refractivity contribution < 1.29 is 0 Å². The van der Waals surface area contributed by atoms with E-state index < -0.39 is 0 Å². The Bertz CT molecular complexity index is 832. The second-order valence-corrected chi connectivity index (χ2v) is 5.17. The summed E-state index contributed by atoms with van der Waals surface area (Å²) < 4.78 is 1.60. The summed E-state index contributed by atoms with van der Waals surface area (Å²) in [5, 5.41) is 18.4. The SMILES string of the molecule is N#Cc1nnn(-c2ccc(Cl)cc2)c1-c1cccc(Cl)c1. The van der Waals surface area contributed by atoms with Crippen molar-refractivity contribution in [3.8, 4) is 23.0 Å². The second-order valence-electron chi connectivity index (χ2n) is 4.30. The summed E-state index contributed by atoms with van der Waals surface area (Å²) in [4.78, 5) is 0. The van der Waals surface area contributed by atoms with Crippen LogP contribution in [0.3, 0.4) is 0 Å². The lowest BCUT2D eigenvalue weighted by Crippen LogP contribution is -1.99. The Hall–Kier alpha value is -2.35. The Morgan fingerprint density at radius 3 is 2.43 bits per heavy atom. The molecule has 0 saturated carbocycles. The predicted octanol–water partition coefficient (Wildman–Crippen LogP) is 4.11. The lowest BCUT2D eigenvalue weighted by molar-refractivity contribution is 0.807. The minimum absolute atomic E-state index is 0.243. The first-order valence-corrected chi connectivity index (χ1v) is 6.82. The van der Waals surface area contributed by atoms with Crippen molar-refractivity contribution in [3.05, 3.63) is 64.3 Å². The Labute approximate surface area is 131 Å². The molecule has 0 radical (unpaired) electrons. The van der Waals surface area contributed by atoms with Crippen LogP contribution >= 0.6 is 23.2 Å². The summed E-state index contributed by atoms with van der Waals surface area (Å²) in [5.74, 6) is 0. The van der Waals surface area contributed by atoms with Crippen LogP contribution in [0.25, 0.3) is 16.9 Å². The van der Waals surface area contributed by atoms with Crippen molar-refractivity contribution in [2.45, 2.75) is 0 Å². The first-order chi connectivity index (χ1) is 10.2. The van der Waals surface area contributed by atoms with Gasteiger partial charge in [-0.25, -0.2) is 4.68 Å². The van der Waals surface area contributed by atoms with Crippen LogP contribution in [0, 0.1) is 11.3 Å². The molecule has 3 rings (SSSR count). The summed E-state index contributed by atoms with van der Waals surface area (Å²) >= 11 is 11.9. The number of nitrogens with zero attached hydrogens (tertiary/aromatic N) is 4. The standard InChI is InChI=1S/C15H8Cl2N4/c16-11-4-6-13(7-5-11)21-15(14(9-18)19-20-21)10-2-1-3-12(17)8-10/h1-8H. The molecular weight excluding hydrogens is 307 g/mol. The second kappa shape index (κ2) is 5.57. The van der Waals surface area contributed by atoms with Crippen molar-refractivity contribution in [2.24, 2.45) is 0 Å². The number of halogens is 2. The lowest BCUT2D eigenvalue weighted by atomic mass is 10.1. The molecule has 0 saturated heterocycles. The number of hydrogen-bond acceptors (Lipinski definition) is 3. The number of benzene rings is 2. The van der Waals surface area contributed by atoms with Gasteiger partial charge >= 0.3 is 0 Å². The maximum atomic E-state index is 9.23. The van der Waals surface area contributed by atoms with E-state index in [-0.39, 0.29) is 5.69 Å². The molecule has 0 aliphatic carbocycles. The fraction of sp³-hybridized carbons (Fsp3) is 0. The highest BCUT2D eigenvalue weighted by Gasteiger charge is 2.16. The van der Waals surface area contributed by atoms with Gasteiger partial charge in [-0.15, -0.1) is 5.10 Å². The average Bonchev–Trinajstić information content (AvgIpc) is 2.92. The minimum Gasteiger partial charge on any atom is -0.211 e. The third-order valence-corrected chi connectivity index (χ3v) is 3.43. The number of aromatic nitrogens is 3. The van der Waals surface area contributed by atoms with E-state index in [0.717, 1.165) is 11.3 Å². The molecule has 3 aromatic rings. The first kappa shape index (κ1) is 13.6. The third-order valence-electron chi connectivity index (χ3n) is 2.95. The quantitative estimate of drug-likeness (QED) is 0.715. The summed E-state index contributed by atoms with van der Waals surface area (Å²) in [6.07, 6.45) is 0. The van der Waals surface area contributed by atoms with Crippen LogP contribution in [-0.4, -0.2) is 15.0 Å². The van der Waals surface area contributed by atoms with Crippen LogP contribution in [0.1, 0.15) is 5.69 Å². The van der Waals surface area contributed by atoms with Crippen LogP contribution in [0.4, 0.5) is 0 Å². The Balaban J connectivity index is 2.22. The van der Waals surface area contributed by atoms with Crippen molar-refractivity contribution in [1.29, 1.82) is 5.26 Å². The molecule has 0 atom stereocenters. The molecule has 0 unspecified atom stereocenters. The highest BCUT2D eigenvalue weighted by Crippen LogP contribution is 2.27. The van der Waals surface area contributed by atoms with Gasteiger partial charge in [0.05, 0.1) is 5.69 Å². The summed E-state index contributed by atoms with van der Waals surface area (Å²) in [5.41, 5.74) is 2.39. The molecule has 0 bridgehead atoms. The molecule has 1 heterocycles. The monoisotopic (exact) mass is 314 g/mol. The topological polar surface area (TPSA) is 54.5 Å². The largest absolute Gasteiger partial charge is 0.211 e. The maximum absolute atomic E-state index is 9.23. The van der Waals surface area contributed by atoms with E-state index in [1.54, 1.807) is 28.9 Å². The van der Waals surface area contributed by atoms with Crippen LogP contribution < -0.4 is 0 Å². The van der Waals surface area contributed by atoms with E-state index in [1.165, 1.54) is 0 Å². The molecule has 6 heteroatoms. The van der Waals surface area contributed by atoms with E-state index in [1.807, 2.05) is 24.3 Å². The van der Waals surface area contributed by atoms with E-state index >= 15 is 0 Å². The third kappa shape index (κ3) is 2.62. The zero-order valence-corrected chi connectivity index (χ0v) is 12.2. The Morgan fingerprint density at radius 2 is 1.76 bits per heavy atom. The molecule has 21 heavy (non-hydrogen) atoms. The van der Waals surface area contributed by atoms with Gasteiger partial charge in [0, 0.05) is 15.6 Å². The molecule has 2 aromatic carbocycles. The number of rotatable bonds is 2. The van der Waals surface area contributed by atoms with Crippen LogP contribution in [-0.2, 0) is 0 Å². The highest BCUT2D eigenvalue weighted by atomic mass is 35.5. The fourth-order valence-corrected chi connectivity index (χ4v) is 2.33. The van der Waals surface area contributed by atoms with Crippen LogP contribution in [0.2, 0.25) is 10.0 Å². The molecule has 0 fully saturated rings. The molecule has 0 aliphatic rings. The van der Waals surface area contributed by atoms with Gasteiger partial charge in [0.2, 0.25) is 0 Å². The van der Waals surface area contributed by atoms with Gasteiger partial charge in [0.1, 0.15) is 11.8 Å². The van der Waals surface area contributed by atoms with Crippen molar-refractivity contribution in [2.75, 3.05) is 0 Å². The van der Waals surface area contributed by atoms with Gasteiger partial charge in [-0.1, -0.05) is 40.5 Å². The van der Waals surface area contributed by atoms with Gasteiger partial charge in [-0.2, -0.15) is 5.26 Å². The molecule has 0 amide bonds. The maximum Gasteiger partial charge on any atom is 0.191 e. The van der Waals surface area contributed by atoms with Gasteiger partial charge in [0.25, 0.3) is 0 Å². The van der Waals surface area contributed by atoms with Gasteiger partial charge < -0.3 is 0 Å². The van der Waals surface area contributed by atoms with Crippen molar-refractivity contribution >= 4 is 23.2 Å². The minimum atomic E-state index is 0.243. The van der Waals surface area contributed by atoms with E-state index in [0.29, 0.717) is 15.7 Å². The normalized spacial score (nSPS) is 10.3. The number of nitriles is 1. The smallest absolute Gasteiger partial charge is 0.191 e. The van der Waals surface area contributed by atoms with E-state index in [2.05, 4.69) is 16.4 Å². The van der Waals surface area contributed by atoms with Crippen molar-refractivity contribution in [1.82, 2.24) is 15.0 Å². The summed E-state index contributed by atoms with van der Waals surface area (Å²) in [6, 6.07) is 16.4. The van der Waals surface area contributed by atoms with Gasteiger partial charge in [-0.05, 0) is 36.4 Å². The zero-order valence-electron chi connectivity index (χ0n) is 10.7. The fourth-order valence-electron chi connectivity index (χ4n) is 2.01. The van der Waals surface area contributed by atoms with Crippen LogP contribution in [0.5, 0.6) is 0 Å².